The summed E-state index contributed by atoms with van der Waals surface area (Å²) in [5.74, 6) is -0.448. The van der Waals surface area contributed by atoms with Gasteiger partial charge in [0, 0.05) is 10.3 Å². The van der Waals surface area contributed by atoms with Crippen LogP contribution in [0.4, 0.5) is 18.3 Å². The molecule has 0 spiro atoms. The Kier molecular flexibility index (Phi) is 3.40. The van der Waals surface area contributed by atoms with Crippen LogP contribution in [0.3, 0.4) is 0 Å². The largest absolute Gasteiger partial charge is 0.434 e. The predicted octanol–water partition coefficient (Wildman–Crippen LogP) is 3.78. The van der Waals surface area contributed by atoms with Gasteiger partial charge in [-0.25, -0.2) is 4.98 Å². The molecule has 0 bridgehead atoms. The number of nitrogens with zero attached hydrogens (tertiary/aromatic N) is 1. The van der Waals surface area contributed by atoms with Gasteiger partial charge in [-0.1, -0.05) is 0 Å². The van der Waals surface area contributed by atoms with Crippen molar-refractivity contribution in [2.45, 2.75) is 13.1 Å². The Morgan fingerprint density at radius 1 is 1.39 bits per heavy atom. The van der Waals surface area contributed by atoms with Gasteiger partial charge < -0.3 is 0 Å². The molecule has 2 aromatic rings. The number of halogens is 3. The number of carbonyl (C=O) groups is 1. The summed E-state index contributed by atoms with van der Waals surface area (Å²) in [6, 6.07) is 3.39. The van der Waals surface area contributed by atoms with Gasteiger partial charge in [0.25, 0.3) is 5.91 Å². The molecule has 96 valence electrons. The molecule has 0 aliphatic heterocycles. The average Bonchev–Trinajstić information content (AvgIpc) is 2.85. The van der Waals surface area contributed by atoms with E-state index in [2.05, 4.69) is 10.3 Å². The van der Waals surface area contributed by atoms with Gasteiger partial charge in [-0.2, -0.15) is 13.2 Å². The molecule has 2 heterocycles. The van der Waals surface area contributed by atoms with E-state index in [0.717, 1.165) is 21.6 Å². The highest BCUT2D eigenvalue weighted by molar-refractivity contribution is 7.15. The Hall–Kier alpha value is -1.41. The Bertz CT molecular complexity index is 574. The lowest BCUT2D eigenvalue weighted by Crippen LogP contribution is -2.11. The van der Waals surface area contributed by atoms with Gasteiger partial charge in [0.2, 0.25) is 0 Å². The third-order valence-corrected chi connectivity index (χ3v) is 3.74. The Morgan fingerprint density at radius 3 is 2.61 bits per heavy atom. The second-order valence-electron chi connectivity index (χ2n) is 3.40. The van der Waals surface area contributed by atoms with Crippen molar-refractivity contribution < 1.29 is 18.0 Å². The third-order valence-electron chi connectivity index (χ3n) is 1.98. The number of nitrogens with one attached hydrogen (secondary N) is 1. The van der Waals surface area contributed by atoms with E-state index in [1.165, 1.54) is 11.3 Å². The van der Waals surface area contributed by atoms with Crippen LogP contribution in [-0.4, -0.2) is 10.9 Å². The standard InChI is InChI=1S/C10H7F3N2OS2/c1-5-2-3-6(18-5)8(16)15-9-14-7(4-17-9)10(11,12)13/h2-4H,1H3,(H,14,15,16). The van der Waals surface area contributed by atoms with E-state index in [4.69, 9.17) is 0 Å². The number of hydrogen-bond acceptors (Lipinski definition) is 4. The van der Waals surface area contributed by atoms with Gasteiger partial charge in [-0.15, -0.1) is 22.7 Å². The van der Waals surface area contributed by atoms with Crippen LogP contribution in [0.15, 0.2) is 17.5 Å². The molecule has 1 N–H and O–H groups in total. The molecular formula is C10H7F3N2OS2. The van der Waals surface area contributed by atoms with Crippen molar-refractivity contribution in [3.05, 3.63) is 33.0 Å². The fraction of sp³-hybridized carbons (Fsp3) is 0.200. The van der Waals surface area contributed by atoms with E-state index in [0.29, 0.717) is 4.88 Å². The van der Waals surface area contributed by atoms with Gasteiger partial charge >= 0.3 is 6.18 Å². The minimum atomic E-state index is -4.49. The van der Waals surface area contributed by atoms with Crippen LogP contribution in [-0.2, 0) is 6.18 Å². The molecule has 0 atom stereocenters. The number of thiazole rings is 1. The van der Waals surface area contributed by atoms with E-state index in [-0.39, 0.29) is 5.13 Å². The first-order chi connectivity index (χ1) is 8.36. The first kappa shape index (κ1) is 13.0. The lowest BCUT2D eigenvalue weighted by atomic mass is 10.4. The van der Waals surface area contributed by atoms with Crippen LogP contribution in [0.1, 0.15) is 20.2 Å². The topological polar surface area (TPSA) is 42.0 Å². The molecule has 1 amide bonds. The summed E-state index contributed by atoms with van der Waals surface area (Å²) < 4.78 is 36.9. The lowest BCUT2D eigenvalue weighted by molar-refractivity contribution is -0.140. The fourth-order valence-corrected chi connectivity index (χ4v) is 2.65. The summed E-state index contributed by atoms with van der Waals surface area (Å²) >= 11 is 2.02. The Morgan fingerprint density at radius 2 is 2.11 bits per heavy atom. The van der Waals surface area contributed by atoms with Crippen molar-refractivity contribution in [1.29, 1.82) is 0 Å². The van der Waals surface area contributed by atoms with Gasteiger partial charge in [0.05, 0.1) is 4.88 Å². The molecule has 2 aromatic heterocycles. The minimum absolute atomic E-state index is 0.0571. The van der Waals surface area contributed by atoms with Crippen molar-refractivity contribution in [3.63, 3.8) is 0 Å². The van der Waals surface area contributed by atoms with E-state index in [1.54, 1.807) is 12.1 Å². The molecule has 0 aliphatic carbocycles. The number of hydrogen-bond donors (Lipinski definition) is 1. The van der Waals surface area contributed by atoms with Crippen LogP contribution >= 0.6 is 22.7 Å². The fourth-order valence-electron chi connectivity index (χ4n) is 1.18. The van der Waals surface area contributed by atoms with Gasteiger partial charge in [0.15, 0.2) is 10.8 Å². The molecule has 8 heteroatoms. The molecule has 0 radical (unpaired) electrons. The molecule has 3 nitrogen and oxygen atoms in total. The summed E-state index contributed by atoms with van der Waals surface area (Å²) in [5.41, 5.74) is -0.995. The van der Waals surface area contributed by atoms with Gasteiger partial charge in [0.1, 0.15) is 0 Å². The molecule has 0 aliphatic rings. The minimum Gasteiger partial charge on any atom is -0.297 e. The Labute approximate surface area is 108 Å². The molecule has 18 heavy (non-hydrogen) atoms. The first-order valence-corrected chi connectivity index (χ1v) is 6.46. The van der Waals surface area contributed by atoms with Gasteiger partial charge in [-0.05, 0) is 19.1 Å². The van der Waals surface area contributed by atoms with Crippen LogP contribution in [0, 0.1) is 6.92 Å². The average molecular weight is 292 g/mol. The zero-order valence-corrected chi connectivity index (χ0v) is 10.7. The van der Waals surface area contributed by atoms with Crippen LogP contribution in [0.5, 0.6) is 0 Å². The highest BCUT2D eigenvalue weighted by atomic mass is 32.1. The third kappa shape index (κ3) is 2.88. The SMILES string of the molecule is Cc1ccc(C(=O)Nc2nc(C(F)(F)F)cs2)s1. The number of rotatable bonds is 2. The number of amides is 1. The van der Waals surface area contributed by atoms with Crippen molar-refractivity contribution in [1.82, 2.24) is 4.98 Å². The molecule has 0 unspecified atom stereocenters. The molecule has 2 rings (SSSR count). The molecule has 0 saturated carbocycles. The van der Waals surface area contributed by atoms with E-state index >= 15 is 0 Å². The summed E-state index contributed by atoms with van der Waals surface area (Å²) in [4.78, 5) is 16.4. The molecule has 0 saturated heterocycles. The molecule has 0 fully saturated rings. The first-order valence-electron chi connectivity index (χ1n) is 4.77. The van der Waals surface area contributed by atoms with E-state index < -0.39 is 17.8 Å². The van der Waals surface area contributed by atoms with Gasteiger partial charge in [-0.3, -0.25) is 10.1 Å². The molecular weight excluding hydrogens is 285 g/mol. The lowest BCUT2D eigenvalue weighted by Gasteiger charge is -2.00. The summed E-state index contributed by atoms with van der Waals surface area (Å²) in [6.45, 7) is 1.84. The number of aryl methyl sites for hydroxylation is 1. The maximum atomic E-state index is 12.3. The van der Waals surface area contributed by atoms with Crippen molar-refractivity contribution in [2.24, 2.45) is 0 Å². The molecule has 0 aromatic carbocycles. The quantitative estimate of drug-likeness (QED) is 0.915. The number of alkyl halides is 3. The maximum absolute atomic E-state index is 12.3. The predicted molar refractivity (Wildman–Crippen MR) is 64.1 cm³/mol. The zero-order chi connectivity index (χ0) is 13.3. The summed E-state index contributed by atoms with van der Waals surface area (Å²) in [7, 11) is 0. The maximum Gasteiger partial charge on any atom is 0.434 e. The van der Waals surface area contributed by atoms with E-state index in [1.807, 2.05) is 6.92 Å². The van der Waals surface area contributed by atoms with Crippen LogP contribution < -0.4 is 5.32 Å². The van der Waals surface area contributed by atoms with E-state index in [9.17, 15) is 18.0 Å². The second kappa shape index (κ2) is 4.69. The number of carbonyl (C=O) groups excluding carboxylic acids is 1. The zero-order valence-electron chi connectivity index (χ0n) is 9.04. The smallest absolute Gasteiger partial charge is 0.297 e. The van der Waals surface area contributed by atoms with Crippen molar-refractivity contribution in [2.75, 3.05) is 5.32 Å². The van der Waals surface area contributed by atoms with Crippen molar-refractivity contribution >= 4 is 33.7 Å². The highest BCUT2D eigenvalue weighted by Crippen LogP contribution is 2.31. The number of thiophene rings is 1. The number of aromatic nitrogens is 1. The Balaban J connectivity index is 2.10. The monoisotopic (exact) mass is 292 g/mol. The van der Waals surface area contributed by atoms with Crippen molar-refractivity contribution in [3.8, 4) is 0 Å². The second-order valence-corrected chi connectivity index (χ2v) is 5.55. The normalized spacial score (nSPS) is 11.6. The van der Waals surface area contributed by atoms with Crippen LogP contribution in [0.25, 0.3) is 0 Å². The van der Waals surface area contributed by atoms with Crippen LogP contribution in [0.2, 0.25) is 0 Å². The summed E-state index contributed by atoms with van der Waals surface area (Å²) in [5, 5.41) is 3.16. The summed E-state index contributed by atoms with van der Waals surface area (Å²) in [6.07, 6.45) is -4.49. The number of anilines is 1. The highest BCUT2D eigenvalue weighted by Gasteiger charge is 2.33.